The fourth-order valence-corrected chi connectivity index (χ4v) is 6.87. The molecule has 3 nitrogen and oxygen atoms in total. The zero-order valence-corrected chi connectivity index (χ0v) is 20.7. The fraction of sp³-hybridized carbons (Fsp3) is 0.118. The summed E-state index contributed by atoms with van der Waals surface area (Å²) >= 11 is 0. The summed E-state index contributed by atoms with van der Waals surface area (Å²) in [6.07, 6.45) is 1.87. The Morgan fingerprint density at radius 3 is 2.11 bits per heavy atom. The van der Waals surface area contributed by atoms with Gasteiger partial charge in [0.1, 0.15) is 5.82 Å². The predicted molar refractivity (Wildman–Crippen MR) is 150 cm³/mol. The third-order valence-electron chi connectivity index (χ3n) is 8.44. The first-order valence-corrected chi connectivity index (χ1v) is 12.9. The number of hydrogen-bond acceptors (Lipinski definition) is 2. The lowest BCUT2D eigenvalue weighted by Crippen LogP contribution is -2.35. The van der Waals surface area contributed by atoms with E-state index in [-0.39, 0.29) is 5.43 Å². The monoisotopic (exact) mass is 476 g/mol. The van der Waals surface area contributed by atoms with Gasteiger partial charge in [-0.2, -0.15) is 0 Å². The van der Waals surface area contributed by atoms with Crippen LogP contribution in [0.2, 0.25) is 0 Å². The number of rotatable bonds is 1. The first-order valence-electron chi connectivity index (χ1n) is 12.9. The van der Waals surface area contributed by atoms with Crippen LogP contribution in [-0.4, -0.2) is 9.55 Å². The van der Waals surface area contributed by atoms with Crippen molar-refractivity contribution in [2.24, 2.45) is 0 Å². The Balaban J connectivity index is 1.68. The number of aromatic nitrogens is 2. The lowest BCUT2D eigenvalue weighted by molar-refractivity contribution is 0.735. The van der Waals surface area contributed by atoms with Gasteiger partial charge in [-0.1, -0.05) is 86.6 Å². The minimum absolute atomic E-state index is 0.0764. The van der Waals surface area contributed by atoms with E-state index < -0.39 is 5.41 Å². The zero-order chi connectivity index (χ0) is 24.9. The molecule has 37 heavy (non-hydrogen) atoms. The van der Waals surface area contributed by atoms with E-state index in [1.165, 1.54) is 27.8 Å². The number of benzene rings is 4. The molecule has 1 aliphatic heterocycles. The van der Waals surface area contributed by atoms with Gasteiger partial charge >= 0.3 is 0 Å². The summed E-state index contributed by atoms with van der Waals surface area (Å²) in [6.45, 7) is 4.38. The van der Waals surface area contributed by atoms with E-state index in [9.17, 15) is 4.79 Å². The molecular formula is C34H24N2O. The maximum atomic E-state index is 14.0. The molecule has 0 saturated carbocycles. The van der Waals surface area contributed by atoms with Crippen LogP contribution < -0.4 is 5.43 Å². The smallest absolute Gasteiger partial charge is 0.197 e. The van der Waals surface area contributed by atoms with E-state index in [0.717, 1.165) is 38.8 Å². The van der Waals surface area contributed by atoms with E-state index in [1.807, 2.05) is 30.5 Å². The lowest BCUT2D eigenvalue weighted by atomic mass is 9.66. The van der Waals surface area contributed by atoms with E-state index in [2.05, 4.69) is 91.2 Å². The van der Waals surface area contributed by atoms with Crippen LogP contribution in [0.5, 0.6) is 0 Å². The highest BCUT2D eigenvalue weighted by molar-refractivity contribution is 6.02. The maximum Gasteiger partial charge on any atom is 0.197 e. The Labute approximate surface area is 214 Å². The largest absolute Gasteiger partial charge is 0.293 e. The summed E-state index contributed by atoms with van der Waals surface area (Å²) in [5, 5.41) is 1.47. The van der Waals surface area contributed by atoms with Crippen LogP contribution in [0, 0.1) is 0 Å². The van der Waals surface area contributed by atoms with Gasteiger partial charge in [0.2, 0.25) is 0 Å². The molecule has 2 aromatic heterocycles. The third kappa shape index (κ3) is 2.37. The SMILES string of the molecule is CC(C)c1ccc2c(=O)c3cccc4c3n(c2c1)-c1ncccc1C41c2ccccc2-c2ccccc21. The Bertz CT molecular complexity index is 1950. The van der Waals surface area contributed by atoms with E-state index >= 15 is 0 Å². The molecule has 2 aliphatic rings. The molecule has 0 bridgehead atoms. The Hall–Kier alpha value is -4.50. The fourth-order valence-electron chi connectivity index (χ4n) is 6.87. The summed E-state index contributed by atoms with van der Waals surface area (Å²) in [7, 11) is 0. The van der Waals surface area contributed by atoms with Gasteiger partial charge in [-0.3, -0.25) is 9.36 Å². The summed E-state index contributed by atoms with van der Waals surface area (Å²) in [4.78, 5) is 19.0. The molecule has 0 fully saturated rings. The van der Waals surface area contributed by atoms with Crippen molar-refractivity contribution in [2.75, 3.05) is 0 Å². The van der Waals surface area contributed by atoms with Crippen LogP contribution in [0.4, 0.5) is 0 Å². The second kappa shape index (κ2) is 7.04. The van der Waals surface area contributed by atoms with Gasteiger partial charge in [0.05, 0.1) is 16.4 Å². The molecule has 0 radical (unpaired) electrons. The quantitative estimate of drug-likeness (QED) is 0.232. The minimum Gasteiger partial charge on any atom is -0.293 e. The molecule has 8 rings (SSSR count). The predicted octanol–water partition coefficient (Wildman–Crippen LogP) is 7.34. The normalized spacial score (nSPS) is 14.2. The third-order valence-corrected chi connectivity index (χ3v) is 8.44. The maximum absolute atomic E-state index is 14.0. The molecular weight excluding hydrogens is 452 g/mol. The second-order valence-electron chi connectivity index (χ2n) is 10.5. The Morgan fingerprint density at radius 2 is 1.38 bits per heavy atom. The van der Waals surface area contributed by atoms with Crippen LogP contribution in [-0.2, 0) is 5.41 Å². The lowest BCUT2D eigenvalue weighted by Gasteiger charge is -2.40. The molecule has 0 N–H and O–H groups in total. The first kappa shape index (κ1) is 20.7. The zero-order valence-electron chi connectivity index (χ0n) is 20.7. The molecule has 3 heteroatoms. The highest BCUT2D eigenvalue weighted by atomic mass is 16.1. The highest BCUT2D eigenvalue weighted by Gasteiger charge is 2.50. The van der Waals surface area contributed by atoms with Crippen molar-refractivity contribution in [1.29, 1.82) is 0 Å². The molecule has 4 aromatic carbocycles. The van der Waals surface area contributed by atoms with Gasteiger partial charge in [-0.15, -0.1) is 0 Å². The van der Waals surface area contributed by atoms with Gasteiger partial charge < -0.3 is 0 Å². The molecule has 0 atom stereocenters. The molecule has 1 aliphatic carbocycles. The van der Waals surface area contributed by atoms with E-state index in [0.29, 0.717) is 5.92 Å². The second-order valence-corrected chi connectivity index (χ2v) is 10.5. The van der Waals surface area contributed by atoms with Gasteiger partial charge in [0.25, 0.3) is 0 Å². The number of hydrogen-bond donors (Lipinski definition) is 0. The van der Waals surface area contributed by atoms with Crippen molar-refractivity contribution in [2.45, 2.75) is 25.2 Å². The highest BCUT2D eigenvalue weighted by Crippen LogP contribution is 2.59. The van der Waals surface area contributed by atoms with Crippen molar-refractivity contribution in [3.8, 4) is 16.9 Å². The van der Waals surface area contributed by atoms with Crippen LogP contribution in [0.1, 0.15) is 47.6 Å². The molecule has 3 heterocycles. The van der Waals surface area contributed by atoms with Crippen molar-refractivity contribution in [3.63, 3.8) is 0 Å². The topological polar surface area (TPSA) is 34.9 Å². The van der Waals surface area contributed by atoms with Crippen molar-refractivity contribution < 1.29 is 0 Å². The average molecular weight is 477 g/mol. The standard InChI is InChI=1S/C34H24N2O/c1-20(2)21-16-17-24-30(19-21)36-31-25(32(24)37)11-7-14-28(31)34(29-15-8-18-35-33(29)36)26-12-5-3-9-22(26)23-10-4-6-13-27(23)34/h3-20H,1-2H3. The van der Waals surface area contributed by atoms with Crippen molar-refractivity contribution in [3.05, 3.63) is 141 Å². The van der Waals surface area contributed by atoms with E-state index in [1.54, 1.807) is 0 Å². The molecule has 0 amide bonds. The molecule has 176 valence electrons. The van der Waals surface area contributed by atoms with E-state index in [4.69, 9.17) is 4.98 Å². The molecule has 1 spiro atoms. The summed E-state index contributed by atoms with van der Waals surface area (Å²) < 4.78 is 2.25. The molecule has 6 aromatic rings. The Kier molecular flexibility index (Phi) is 3.93. The number of fused-ring (bicyclic) bond motifs is 11. The number of nitrogens with zero attached hydrogens (tertiary/aromatic N) is 2. The average Bonchev–Trinajstić information content (AvgIpc) is 3.23. The van der Waals surface area contributed by atoms with Gasteiger partial charge in [0, 0.05) is 22.5 Å². The molecule has 0 saturated heterocycles. The van der Waals surface area contributed by atoms with Crippen LogP contribution >= 0.6 is 0 Å². The number of para-hydroxylation sites is 1. The Morgan fingerprint density at radius 1 is 0.703 bits per heavy atom. The van der Waals surface area contributed by atoms with Crippen molar-refractivity contribution >= 4 is 21.8 Å². The van der Waals surface area contributed by atoms with Crippen LogP contribution in [0.25, 0.3) is 38.8 Å². The van der Waals surface area contributed by atoms with Gasteiger partial charge in [-0.25, -0.2) is 4.98 Å². The van der Waals surface area contributed by atoms with Gasteiger partial charge in [-0.05, 0) is 63.6 Å². The van der Waals surface area contributed by atoms with Crippen molar-refractivity contribution in [1.82, 2.24) is 9.55 Å². The minimum atomic E-state index is -0.550. The summed E-state index contributed by atoms with van der Waals surface area (Å²) in [5.74, 6) is 1.24. The molecule has 0 unspecified atom stereocenters. The first-order chi connectivity index (χ1) is 18.1. The van der Waals surface area contributed by atoms with Crippen LogP contribution in [0.15, 0.2) is 108 Å². The number of pyridine rings is 2. The summed E-state index contributed by atoms with van der Waals surface area (Å²) in [6, 6.07) is 34.2. The van der Waals surface area contributed by atoms with Crippen LogP contribution in [0.3, 0.4) is 0 Å². The summed E-state index contributed by atoms with van der Waals surface area (Å²) in [5.41, 5.74) is 9.86. The van der Waals surface area contributed by atoms with Gasteiger partial charge in [0.15, 0.2) is 5.43 Å².